The van der Waals surface area contributed by atoms with E-state index < -0.39 is 12.6 Å². The molecule has 1 N–H and O–H groups in total. The zero-order valence-corrected chi connectivity index (χ0v) is 11.2. The Morgan fingerprint density at radius 1 is 1.42 bits per heavy atom. The van der Waals surface area contributed by atoms with E-state index in [2.05, 4.69) is 10.3 Å². The number of rotatable bonds is 8. The van der Waals surface area contributed by atoms with Gasteiger partial charge in [-0.25, -0.2) is 4.98 Å². The molecule has 19 heavy (non-hydrogen) atoms. The van der Waals surface area contributed by atoms with E-state index in [0.717, 1.165) is 0 Å². The zero-order chi connectivity index (χ0) is 14.3. The minimum Gasteiger partial charge on any atom is -0.383 e. The van der Waals surface area contributed by atoms with Crippen LogP contribution in [0.3, 0.4) is 0 Å². The Morgan fingerprint density at radius 2 is 2.16 bits per heavy atom. The smallest absolute Gasteiger partial charge is 0.383 e. The summed E-state index contributed by atoms with van der Waals surface area (Å²) in [5.41, 5.74) is 0. The highest BCUT2D eigenvalue weighted by Crippen LogP contribution is 2.22. The molecule has 1 unspecified atom stereocenters. The number of anilines is 1. The van der Waals surface area contributed by atoms with Gasteiger partial charge in [-0.05, 0) is 19.8 Å². The summed E-state index contributed by atoms with van der Waals surface area (Å²) in [5.74, 6) is 0.663. The van der Waals surface area contributed by atoms with Crippen LogP contribution in [0.25, 0.3) is 0 Å². The van der Waals surface area contributed by atoms with Gasteiger partial charge in [0.2, 0.25) is 5.95 Å². The minimum absolute atomic E-state index is 0.130. The number of methoxy groups -OCH3 is 1. The number of alkyl halides is 3. The summed E-state index contributed by atoms with van der Waals surface area (Å²) in [6.07, 6.45) is -0.726. The first-order chi connectivity index (χ1) is 8.94. The number of hydrogen-bond acceptors (Lipinski definition) is 3. The van der Waals surface area contributed by atoms with E-state index in [-0.39, 0.29) is 12.5 Å². The standard InChI is InChI=1S/C12H20F3N3O/c1-10(9-19-2)18-8-7-17-11(18)16-6-4-3-5-12(13,14)15/h7-8,10H,3-6,9H2,1-2H3,(H,16,17). The highest BCUT2D eigenvalue weighted by molar-refractivity contribution is 5.26. The van der Waals surface area contributed by atoms with Gasteiger partial charge in [-0.3, -0.25) is 0 Å². The lowest BCUT2D eigenvalue weighted by Gasteiger charge is -2.16. The van der Waals surface area contributed by atoms with Crippen molar-refractivity contribution in [2.24, 2.45) is 0 Å². The quantitative estimate of drug-likeness (QED) is 0.742. The second-order valence-corrected chi connectivity index (χ2v) is 4.46. The second kappa shape index (κ2) is 7.37. The average molecular weight is 279 g/mol. The molecule has 1 aromatic rings. The summed E-state index contributed by atoms with van der Waals surface area (Å²) in [5, 5.41) is 3.05. The summed E-state index contributed by atoms with van der Waals surface area (Å²) in [4.78, 5) is 4.14. The highest BCUT2D eigenvalue weighted by Gasteiger charge is 2.25. The van der Waals surface area contributed by atoms with Crippen molar-refractivity contribution in [3.63, 3.8) is 0 Å². The fraction of sp³-hybridized carbons (Fsp3) is 0.750. The van der Waals surface area contributed by atoms with Crippen LogP contribution in [0.15, 0.2) is 12.4 Å². The van der Waals surface area contributed by atoms with E-state index in [1.54, 1.807) is 13.3 Å². The van der Waals surface area contributed by atoms with Crippen LogP contribution in [0.1, 0.15) is 32.2 Å². The topological polar surface area (TPSA) is 39.1 Å². The van der Waals surface area contributed by atoms with E-state index in [9.17, 15) is 13.2 Å². The first-order valence-electron chi connectivity index (χ1n) is 6.26. The molecule has 0 spiro atoms. The summed E-state index contributed by atoms with van der Waals surface area (Å²) >= 11 is 0. The summed E-state index contributed by atoms with van der Waals surface area (Å²) in [6, 6.07) is 0.130. The van der Waals surface area contributed by atoms with Gasteiger partial charge in [-0.2, -0.15) is 13.2 Å². The lowest BCUT2D eigenvalue weighted by molar-refractivity contribution is -0.135. The molecule has 110 valence electrons. The molecular formula is C12H20F3N3O. The van der Waals surface area contributed by atoms with Crippen LogP contribution in [0.5, 0.6) is 0 Å². The monoisotopic (exact) mass is 279 g/mol. The molecule has 0 amide bonds. The number of nitrogens with zero attached hydrogens (tertiary/aromatic N) is 2. The number of nitrogens with one attached hydrogen (secondary N) is 1. The van der Waals surface area contributed by atoms with Gasteiger partial charge in [0.1, 0.15) is 0 Å². The van der Waals surface area contributed by atoms with Crippen LogP contribution >= 0.6 is 0 Å². The lowest BCUT2D eigenvalue weighted by Crippen LogP contribution is -2.15. The van der Waals surface area contributed by atoms with Crippen molar-refractivity contribution < 1.29 is 17.9 Å². The minimum atomic E-state index is -4.06. The lowest BCUT2D eigenvalue weighted by atomic mass is 10.2. The fourth-order valence-corrected chi connectivity index (χ4v) is 1.78. The Balaban J connectivity index is 2.32. The van der Waals surface area contributed by atoms with E-state index in [1.165, 1.54) is 0 Å². The van der Waals surface area contributed by atoms with Gasteiger partial charge in [0.25, 0.3) is 0 Å². The predicted molar refractivity (Wildman–Crippen MR) is 67.2 cm³/mol. The zero-order valence-electron chi connectivity index (χ0n) is 11.2. The molecule has 1 heterocycles. The molecule has 1 aromatic heterocycles. The summed E-state index contributed by atoms with van der Waals surface area (Å²) < 4.78 is 42.9. The molecule has 0 aliphatic rings. The van der Waals surface area contributed by atoms with Crippen molar-refractivity contribution in [3.05, 3.63) is 12.4 Å². The van der Waals surface area contributed by atoms with Gasteiger partial charge in [0.15, 0.2) is 0 Å². The summed E-state index contributed by atoms with van der Waals surface area (Å²) in [7, 11) is 1.62. The van der Waals surface area contributed by atoms with E-state index in [0.29, 0.717) is 25.5 Å². The van der Waals surface area contributed by atoms with Gasteiger partial charge >= 0.3 is 6.18 Å². The first-order valence-corrected chi connectivity index (χ1v) is 6.26. The van der Waals surface area contributed by atoms with Crippen molar-refractivity contribution in [2.45, 2.75) is 38.4 Å². The maximum atomic E-state index is 12.0. The van der Waals surface area contributed by atoms with Gasteiger partial charge in [-0.15, -0.1) is 0 Å². The number of halogens is 3. The second-order valence-electron chi connectivity index (χ2n) is 4.46. The average Bonchev–Trinajstić information content (AvgIpc) is 2.75. The molecule has 1 atom stereocenters. The molecule has 0 saturated heterocycles. The molecule has 0 saturated carbocycles. The molecule has 0 aliphatic heterocycles. The van der Waals surface area contributed by atoms with Crippen molar-refractivity contribution in [2.75, 3.05) is 25.6 Å². The van der Waals surface area contributed by atoms with Crippen LogP contribution in [0.4, 0.5) is 19.1 Å². The number of aromatic nitrogens is 2. The highest BCUT2D eigenvalue weighted by atomic mass is 19.4. The largest absolute Gasteiger partial charge is 0.389 e. The van der Waals surface area contributed by atoms with Crippen LogP contribution in [-0.2, 0) is 4.74 Å². The molecule has 1 rings (SSSR count). The third-order valence-corrected chi connectivity index (χ3v) is 2.72. The molecule has 0 aliphatic carbocycles. The molecule has 0 fully saturated rings. The van der Waals surface area contributed by atoms with E-state index in [4.69, 9.17) is 4.74 Å². The maximum absolute atomic E-state index is 12.0. The third kappa shape index (κ3) is 5.96. The van der Waals surface area contributed by atoms with Crippen molar-refractivity contribution in [1.82, 2.24) is 9.55 Å². The van der Waals surface area contributed by atoms with Gasteiger partial charge in [0.05, 0.1) is 12.6 Å². The third-order valence-electron chi connectivity index (χ3n) is 2.72. The normalized spacial score (nSPS) is 13.5. The van der Waals surface area contributed by atoms with Crippen molar-refractivity contribution >= 4 is 5.95 Å². The van der Waals surface area contributed by atoms with Crippen molar-refractivity contribution in [1.29, 1.82) is 0 Å². The molecule has 4 nitrogen and oxygen atoms in total. The number of imidazole rings is 1. The van der Waals surface area contributed by atoms with Gasteiger partial charge in [-0.1, -0.05) is 0 Å². The van der Waals surface area contributed by atoms with Crippen LogP contribution in [-0.4, -0.2) is 36.0 Å². The van der Waals surface area contributed by atoms with E-state index >= 15 is 0 Å². The Morgan fingerprint density at radius 3 is 2.79 bits per heavy atom. The molecule has 0 aromatic carbocycles. The maximum Gasteiger partial charge on any atom is 0.389 e. The number of ether oxygens (including phenoxy) is 1. The first kappa shape index (κ1) is 15.8. The Kier molecular flexibility index (Phi) is 6.14. The fourth-order valence-electron chi connectivity index (χ4n) is 1.78. The SMILES string of the molecule is COCC(C)n1ccnc1NCCCCC(F)(F)F. The van der Waals surface area contributed by atoms with Crippen LogP contribution < -0.4 is 5.32 Å². The number of unbranched alkanes of at least 4 members (excludes halogenated alkanes) is 1. The van der Waals surface area contributed by atoms with Gasteiger partial charge in [0, 0.05) is 32.5 Å². The predicted octanol–water partition coefficient (Wildman–Crippen LogP) is 3.24. The van der Waals surface area contributed by atoms with E-state index in [1.807, 2.05) is 17.7 Å². The van der Waals surface area contributed by atoms with Gasteiger partial charge < -0.3 is 14.6 Å². The van der Waals surface area contributed by atoms with Crippen molar-refractivity contribution in [3.8, 4) is 0 Å². The Hall–Kier alpha value is -1.24. The van der Waals surface area contributed by atoms with Crippen LogP contribution in [0.2, 0.25) is 0 Å². The summed E-state index contributed by atoms with van der Waals surface area (Å²) in [6.45, 7) is 3.02. The molecule has 7 heteroatoms. The Bertz CT molecular complexity index is 365. The van der Waals surface area contributed by atoms with Crippen LogP contribution in [0, 0.1) is 0 Å². The Labute approximate surface area is 111 Å². The number of hydrogen-bond donors (Lipinski definition) is 1. The molecule has 0 bridgehead atoms. The molecular weight excluding hydrogens is 259 g/mol. The molecule has 0 radical (unpaired) electrons.